The Morgan fingerprint density at radius 3 is 2.65 bits per heavy atom. The molecule has 1 N–H and O–H groups in total. The number of halogens is 3. The van der Waals surface area contributed by atoms with Crippen molar-refractivity contribution in [2.24, 2.45) is 0 Å². The number of anilines is 2. The van der Waals surface area contributed by atoms with Crippen LogP contribution in [0, 0.1) is 0 Å². The van der Waals surface area contributed by atoms with Gasteiger partial charge in [0, 0.05) is 23.0 Å². The first-order valence-corrected chi connectivity index (χ1v) is 7.89. The number of rotatable bonds is 4. The lowest BCUT2D eigenvalue weighted by Gasteiger charge is -2.13. The molecular weight excluding hydrogens is 345 g/mol. The number of carbonyl (C=O) groups excluding carboxylic acids is 1. The van der Waals surface area contributed by atoms with Gasteiger partial charge >= 0.3 is 12.1 Å². The van der Waals surface area contributed by atoms with Crippen LogP contribution < -0.4 is 5.32 Å². The Morgan fingerprint density at radius 1 is 1.15 bits per heavy atom. The molecule has 4 nitrogen and oxygen atoms in total. The number of benzene rings is 2. The van der Waals surface area contributed by atoms with Crippen molar-refractivity contribution in [2.45, 2.75) is 13.1 Å². The number of hydrogen-bond acceptors (Lipinski definition) is 4. The highest BCUT2D eigenvalue weighted by Crippen LogP contribution is 2.36. The summed E-state index contributed by atoms with van der Waals surface area (Å²) in [6, 6.07) is 12.1. The molecule has 2 aromatic carbocycles. The summed E-state index contributed by atoms with van der Waals surface area (Å²) >= 11 is 0. The number of aromatic nitrogens is 1. The second kappa shape index (κ2) is 7.03. The van der Waals surface area contributed by atoms with Crippen LogP contribution in [0.3, 0.4) is 0 Å². The number of carbonyl (C=O) groups is 1. The van der Waals surface area contributed by atoms with E-state index in [9.17, 15) is 18.0 Å². The van der Waals surface area contributed by atoms with E-state index in [2.05, 4.69) is 10.3 Å². The van der Waals surface area contributed by atoms with Gasteiger partial charge in [-0.2, -0.15) is 13.2 Å². The molecule has 0 radical (unpaired) electrons. The van der Waals surface area contributed by atoms with E-state index in [0.29, 0.717) is 22.3 Å². The summed E-state index contributed by atoms with van der Waals surface area (Å²) in [5.74, 6) is -0.463. The Morgan fingerprint density at radius 2 is 1.92 bits per heavy atom. The third-order valence-electron chi connectivity index (χ3n) is 3.73. The number of alkyl halides is 3. The molecule has 3 rings (SSSR count). The zero-order valence-electron chi connectivity index (χ0n) is 13.8. The lowest BCUT2D eigenvalue weighted by Crippen LogP contribution is -2.07. The first-order chi connectivity index (χ1) is 12.4. The Bertz CT molecular complexity index is 955. The van der Waals surface area contributed by atoms with E-state index in [1.165, 1.54) is 12.3 Å². The van der Waals surface area contributed by atoms with Crippen LogP contribution in [0.25, 0.3) is 10.9 Å². The van der Waals surface area contributed by atoms with Gasteiger partial charge in [0.15, 0.2) is 0 Å². The Balaban J connectivity index is 2.00. The normalized spacial score (nSPS) is 11.4. The summed E-state index contributed by atoms with van der Waals surface area (Å²) in [6.45, 7) is 1.97. The summed E-state index contributed by atoms with van der Waals surface area (Å²) in [5, 5.41) is 3.38. The predicted octanol–water partition coefficient (Wildman–Crippen LogP) is 5.17. The standard InChI is InChI=1S/C19H15F3N2O2/c1-2-26-18(25)12-5-3-6-13(11-12)24-16-9-10-23-17-14(16)7-4-8-15(17)19(20,21)22/h3-11H,2H2,1H3,(H,23,24). The molecule has 3 aromatic rings. The monoisotopic (exact) mass is 360 g/mol. The van der Waals surface area contributed by atoms with E-state index in [1.54, 1.807) is 43.3 Å². The Labute approximate surface area is 147 Å². The molecule has 134 valence electrons. The Kier molecular flexibility index (Phi) is 4.79. The number of pyridine rings is 1. The lowest BCUT2D eigenvalue weighted by atomic mass is 10.1. The van der Waals surface area contributed by atoms with Gasteiger partial charge in [0.05, 0.1) is 23.3 Å². The van der Waals surface area contributed by atoms with E-state index in [-0.39, 0.29) is 12.1 Å². The van der Waals surface area contributed by atoms with Crippen molar-refractivity contribution in [1.29, 1.82) is 0 Å². The highest BCUT2D eigenvalue weighted by Gasteiger charge is 2.33. The lowest BCUT2D eigenvalue weighted by molar-refractivity contribution is -0.136. The minimum atomic E-state index is -4.49. The van der Waals surface area contributed by atoms with Gasteiger partial charge in [-0.25, -0.2) is 4.79 Å². The topological polar surface area (TPSA) is 51.2 Å². The van der Waals surface area contributed by atoms with Gasteiger partial charge in [-0.1, -0.05) is 18.2 Å². The van der Waals surface area contributed by atoms with Crippen molar-refractivity contribution in [3.8, 4) is 0 Å². The molecule has 0 bridgehead atoms. The average Bonchev–Trinajstić information content (AvgIpc) is 2.61. The minimum Gasteiger partial charge on any atom is -0.462 e. The number of para-hydroxylation sites is 1. The van der Waals surface area contributed by atoms with Crippen molar-refractivity contribution in [2.75, 3.05) is 11.9 Å². The van der Waals surface area contributed by atoms with E-state index < -0.39 is 17.7 Å². The highest BCUT2D eigenvalue weighted by atomic mass is 19.4. The summed E-state index contributed by atoms with van der Waals surface area (Å²) < 4.78 is 44.5. The number of nitrogens with one attached hydrogen (secondary N) is 1. The molecule has 1 aromatic heterocycles. The first kappa shape index (κ1) is 17.7. The zero-order valence-corrected chi connectivity index (χ0v) is 13.8. The molecule has 0 aliphatic heterocycles. The van der Waals surface area contributed by atoms with Crippen LogP contribution in [0.1, 0.15) is 22.8 Å². The number of esters is 1. The fraction of sp³-hybridized carbons (Fsp3) is 0.158. The molecular formula is C19H15F3N2O2. The molecule has 0 saturated carbocycles. The number of hydrogen-bond donors (Lipinski definition) is 1. The first-order valence-electron chi connectivity index (χ1n) is 7.89. The van der Waals surface area contributed by atoms with E-state index >= 15 is 0 Å². The van der Waals surface area contributed by atoms with Gasteiger partial charge in [0.2, 0.25) is 0 Å². The number of nitrogens with zero attached hydrogens (tertiary/aromatic N) is 1. The van der Waals surface area contributed by atoms with E-state index in [0.717, 1.165) is 6.07 Å². The van der Waals surface area contributed by atoms with Crippen LogP contribution in [-0.4, -0.2) is 17.6 Å². The van der Waals surface area contributed by atoms with Crippen molar-refractivity contribution >= 4 is 28.2 Å². The molecule has 7 heteroatoms. The third-order valence-corrected chi connectivity index (χ3v) is 3.73. The fourth-order valence-corrected chi connectivity index (χ4v) is 2.61. The van der Waals surface area contributed by atoms with Crippen molar-refractivity contribution in [3.05, 3.63) is 65.9 Å². The number of fused-ring (bicyclic) bond motifs is 1. The summed E-state index contributed by atoms with van der Waals surface area (Å²) in [7, 11) is 0. The van der Waals surface area contributed by atoms with Gasteiger partial charge in [-0.3, -0.25) is 4.98 Å². The molecule has 0 fully saturated rings. The van der Waals surface area contributed by atoms with Gasteiger partial charge in [-0.15, -0.1) is 0 Å². The minimum absolute atomic E-state index is 0.133. The number of ether oxygens (including phenoxy) is 1. The summed E-state index contributed by atoms with van der Waals surface area (Å²) in [5.41, 5.74) is 0.444. The predicted molar refractivity (Wildman–Crippen MR) is 92.4 cm³/mol. The second-order valence-electron chi connectivity index (χ2n) is 5.48. The van der Waals surface area contributed by atoms with Crippen LogP contribution in [0.5, 0.6) is 0 Å². The fourth-order valence-electron chi connectivity index (χ4n) is 2.61. The van der Waals surface area contributed by atoms with E-state index in [1.807, 2.05) is 0 Å². The van der Waals surface area contributed by atoms with Gasteiger partial charge in [-0.05, 0) is 37.3 Å². The maximum atomic E-state index is 13.2. The largest absolute Gasteiger partial charge is 0.462 e. The van der Waals surface area contributed by atoms with Crippen molar-refractivity contribution in [3.63, 3.8) is 0 Å². The molecule has 0 aliphatic rings. The Hall–Kier alpha value is -3.09. The van der Waals surface area contributed by atoms with Crippen molar-refractivity contribution < 1.29 is 22.7 Å². The molecule has 0 atom stereocenters. The molecule has 1 heterocycles. The maximum Gasteiger partial charge on any atom is 0.418 e. The third kappa shape index (κ3) is 3.61. The smallest absolute Gasteiger partial charge is 0.418 e. The zero-order chi connectivity index (χ0) is 18.7. The van der Waals surface area contributed by atoms with Crippen LogP contribution in [0.4, 0.5) is 24.5 Å². The van der Waals surface area contributed by atoms with E-state index in [4.69, 9.17) is 4.74 Å². The van der Waals surface area contributed by atoms with Crippen LogP contribution in [0.15, 0.2) is 54.7 Å². The molecule has 0 amide bonds. The van der Waals surface area contributed by atoms with Gasteiger partial charge in [0.1, 0.15) is 0 Å². The molecule has 0 saturated heterocycles. The molecule has 0 spiro atoms. The van der Waals surface area contributed by atoms with Crippen molar-refractivity contribution in [1.82, 2.24) is 4.98 Å². The SMILES string of the molecule is CCOC(=O)c1cccc(Nc2ccnc3c(C(F)(F)F)cccc23)c1. The molecule has 26 heavy (non-hydrogen) atoms. The van der Waals surface area contributed by atoms with Crippen LogP contribution in [-0.2, 0) is 10.9 Å². The van der Waals surface area contributed by atoms with Crippen LogP contribution in [0.2, 0.25) is 0 Å². The van der Waals surface area contributed by atoms with Crippen LogP contribution >= 0.6 is 0 Å². The quantitative estimate of drug-likeness (QED) is 0.652. The average molecular weight is 360 g/mol. The maximum absolute atomic E-state index is 13.2. The highest BCUT2D eigenvalue weighted by molar-refractivity contribution is 5.96. The molecule has 0 aliphatic carbocycles. The molecule has 0 unspecified atom stereocenters. The van der Waals surface area contributed by atoms with Gasteiger partial charge < -0.3 is 10.1 Å². The summed E-state index contributed by atoms with van der Waals surface area (Å²) in [4.78, 5) is 15.7. The second-order valence-corrected chi connectivity index (χ2v) is 5.48. The summed E-state index contributed by atoms with van der Waals surface area (Å²) in [6.07, 6.45) is -3.18. The van der Waals surface area contributed by atoms with Gasteiger partial charge in [0.25, 0.3) is 0 Å².